The van der Waals surface area contributed by atoms with Crippen LogP contribution >= 0.6 is 23.6 Å². The highest BCUT2D eigenvalue weighted by Gasteiger charge is 2.33. The minimum Gasteiger partial charge on any atom is -0.474 e. The van der Waals surface area contributed by atoms with E-state index in [0.29, 0.717) is 44.1 Å². The maximum Gasteiger partial charge on any atom is 0.414 e. The molecule has 2 saturated heterocycles. The van der Waals surface area contributed by atoms with Gasteiger partial charge in [0.1, 0.15) is 11.9 Å². The van der Waals surface area contributed by atoms with E-state index < -0.39 is 18.0 Å². The number of rotatable bonds is 6. The first kappa shape index (κ1) is 24.9. The molecular formula is C23H26FN5O4S2. The Kier molecular flexibility index (Phi) is 8.16. The van der Waals surface area contributed by atoms with Gasteiger partial charge in [-0.2, -0.15) is 0 Å². The van der Waals surface area contributed by atoms with Crippen LogP contribution in [0.5, 0.6) is 0 Å². The first-order chi connectivity index (χ1) is 16.9. The fraction of sp³-hybridized carbons (Fsp3) is 0.348. The second-order valence-corrected chi connectivity index (χ2v) is 9.21. The van der Waals surface area contributed by atoms with Gasteiger partial charge in [0.2, 0.25) is 0 Å². The Morgan fingerprint density at radius 1 is 1.37 bits per heavy atom. The summed E-state index contributed by atoms with van der Waals surface area (Å²) in [5, 5.41) is 6.55. The number of anilines is 2. The lowest BCUT2D eigenvalue weighted by Gasteiger charge is -2.24. The zero-order valence-corrected chi connectivity index (χ0v) is 20.7. The standard InChI is InChI=1S/C23H26FN5O4S2/c1-32-22(34)25-14-17-15-28(23(31)33-17)16-4-6-20(19(24)13-16)27-9-8-26-29(11-10-27)21(30)7-5-18-3-2-12-35-18/h2-7,12-13,17,26H,8-11,14-15H2,1H3,(H,25,34)/t17-/m0/s1. The largest absolute Gasteiger partial charge is 0.474 e. The van der Waals surface area contributed by atoms with Crippen molar-refractivity contribution >= 4 is 58.2 Å². The van der Waals surface area contributed by atoms with Gasteiger partial charge < -0.3 is 19.7 Å². The topological polar surface area (TPSA) is 86.4 Å². The number of methoxy groups -OCH3 is 1. The first-order valence-electron chi connectivity index (χ1n) is 11.1. The zero-order chi connectivity index (χ0) is 24.8. The monoisotopic (exact) mass is 519 g/mol. The minimum atomic E-state index is -0.545. The van der Waals surface area contributed by atoms with Gasteiger partial charge in [0.15, 0.2) is 0 Å². The molecule has 186 valence electrons. The van der Waals surface area contributed by atoms with Crippen molar-refractivity contribution in [2.75, 3.05) is 56.2 Å². The van der Waals surface area contributed by atoms with Crippen molar-refractivity contribution in [3.05, 3.63) is 52.5 Å². The van der Waals surface area contributed by atoms with E-state index in [4.69, 9.17) is 21.7 Å². The number of amides is 2. The van der Waals surface area contributed by atoms with E-state index in [2.05, 4.69) is 10.7 Å². The van der Waals surface area contributed by atoms with Crippen LogP contribution in [0.2, 0.25) is 0 Å². The van der Waals surface area contributed by atoms with E-state index >= 15 is 4.39 Å². The minimum absolute atomic E-state index is 0.154. The number of thiophene rings is 1. The third-order valence-electron chi connectivity index (χ3n) is 5.59. The maximum atomic E-state index is 15.1. The number of ether oxygens (including phenoxy) is 2. The second kappa shape index (κ2) is 11.5. The van der Waals surface area contributed by atoms with E-state index in [9.17, 15) is 9.59 Å². The lowest BCUT2D eigenvalue weighted by Crippen LogP contribution is -2.42. The number of nitrogens with one attached hydrogen (secondary N) is 2. The number of hydrogen-bond acceptors (Lipinski definition) is 8. The predicted octanol–water partition coefficient (Wildman–Crippen LogP) is 2.60. The van der Waals surface area contributed by atoms with Crippen molar-refractivity contribution in [3.8, 4) is 0 Å². The first-order valence-corrected chi connectivity index (χ1v) is 12.3. The molecule has 2 fully saturated rings. The number of nitrogens with zero attached hydrogens (tertiary/aromatic N) is 3. The molecule has 1 aromatic carbocycles. The summed E-state index contributed by atoms with van der Waals surface area (Å²) in [6.07, 6.45) is 2.33. The molecule has 2 amide bonds. The Labute approximate surface area is 212 Å². The Balaban J connectivity index is 1.35. The summed E-state index contributed by atoms with van der Waals surface area (Å²) in [6, 6.07) is 8.54. The van der Waals surface area contributed by atoms with Crippen LogP contribution in [0.4, 0.5) is 20.6 Å². The van der Waals surface area contributed by atoms with Gasteiger partial charge in [0.05, 0.1) is 38.1 Å². The van der Waals surface area contributed by atoms with Gasteiger partial charge >= 0.3 is 6.09 Å². The molecule has 0 spiro atoms. The average molecular weight is 520 g/mol. The van der Waals surface area contributed by atoms with Gasteiger partial charge in [0.25, 0.3) is 11.1 Å². The normalized spacial score (nSPS) is 18.5. The molecule has 2 aliphatic heterocycles. The maximum absolute atomic E-state index is 15.1. The fourth-order valence-electron chi connectivity index (χ4n) is 3.82. The zero-order valence-electron chi connectivity index (χ0n) is 19.1. The predicted molar refractivity (Wildman–Crippen MR) is 137 cm³/mol. The molecule has 0 radical (unpaired) electrons. The van der Waals surface area contributed by atoms with Gasteiger partial charge in [-0.3, -0.25) is 14.7 Å². The average Bonchev–Trinajstić information content (AvgIpc) is 3.44. The van der Waals surface area contributed by atoms with E-state index in [0.717, 1.165) is 4.88 Å². The molecular weight excluding hydrogens is 493 g/mol. The summed E-state index contributed by atoms with van der Waals surface area (Å²) >= 11 is 6.48. The molecule has 0 bridgehead atoms. The van der Waals surface area contributed by atoms with Crippen molar-refractivity contribution in [1.82, 2.24) is 15.8 Å². The van der Waals surface area contributed by atoms with Gasteiger partial charge in [-0.15, -0.1) is 11.3 Å². The van der Waals surface area contributed by atoms with Gasteiger partial charge in [-0.1, -0.05) is 6.07 Å². The van der Waals surface area contributed by atoms with Crippen LogP contribution in [0.3, 0.4) is 0 Å². The SMILES string of the molecule is COC(=S)NC[C@H]1CN(c2ccc(N3CCNN(C(=O)C=Cc4cccs4)CC3)c(F)c2)C(=O)O1. The molecule has 0 unspecified atom stereocenters. The summed E-state index contributed by atoms with van der Waals surface area (Å²) in [5.41, 5.74) is 3.93. The van der Waals surface area contributed by atoms with Crippen molar-refractivity contribution < 1.29 is 23.5 Å². The molecule has 1 aromatic heterocycles. The van der Waals surface area contributed by atoms with Crippen LogP contribution < -0.4 is 20.5 Å². The van der Waals surface area contributed by atoms with Crippen LogP contribution in [0.25, 0.3) is 6.08 Å². The number of cyclic esters (lactones) is 1. The number of carbonyl (C=O) groups excluding carboxylic acids is 2. The van der Waals surface area contributed by atoms with Gasteiger partial charge in [-0.25, -0.2) is 14.6 Å². The Morgan fingerprint density at radius 2 is 2.23 bits per heavy atom. The fourth-order valence-corrected chi connectivity index (χ4v) is 4.52. The molecule has 2 N–H and O–H groups in total. The lowest BCUT2D eigenvalue weighted by atomic mass is 10.2. The molecule has 35 heavy (non-hydrogen) atoms. The lowest BCUT2D eigenvalue weighted by molar-refractivity contribution is -0.128. The number of halogens is 1. The smallest absolute Gasteiger partial charge is 0.414 e. The molecule has 1 atom stereocenters. The highest BCUT2D eigenvalue weighted by atomic mass is 32.1. The molecule has 9 nitrogen and oxygen atoms in total. The van der Waals surface area contributed by atoms with Crippen LogP contribution in [0.15, 0.2) is 41.8 Å². The third kappa shape index (κ3) is 6.27. The molecule has 4 rings (SSSR count). The van der Waals surface area contributed by atoms with E-state index in [1.165, 1.54) is 24.2 Å². The molecule has 0 aliphatic carbocycles. The Morgan fingerprint density at radius 3 is 2.97 bits per heavy atom. The van der Waals surface area contributed by atoms with Crippen LogP contribution in [0.1, 0.15) is 4.88 Å². The second-order valence-electron chi connectivity index (χ2n) is 7.86. The summed E-state index contributed by atoms with van der Waals surface area (Å²) in [7, 11) is 1.45. The highest BCUT2D eigenvalue weighted by molar-refractivity contribution is 7.80. The highest BCUT2D eigenvalue weighted by Crippen LogP contribution is 2.28. The number of hydrogen-bond donors (Lipinski definition) is 2. The molecule has 12 heteroatoms. The Hall–Kier alpha value is -3.22. The molecule has 2 aliphatic rings. The number of benzene rings is 1. The molecule has 0 saturated carbocycles. The number of hydrazine groups is 1. The third-order valence-corrected chi connectivity index (χ3v) is 6.74. The molecule has 3 heterocycles. The van der Waals surface area contributed by atoms with Crippen molar-refractivity contribution in [3.63, 3.8) is 0 Å². The summed E-state index contributed by atoms with van der Waals surface area (Å²) in [5.74, 6) is -0.603. The van der Waals surface area contributed by atoms with Crippen molar-refractivity contribution in [2.24, 2.45) is 0 Å². The van der Waals surface area contributed by atoms with E-state index in [-0.39, 0.29) is 17.6 Å². The summed E-state index contributed by atoms with van der Waals surface area (Å²) in [4.78, 5) is 29.1. The molecule has 2 aromatic rings. The van der Waals surface area contributed by atoms with Crippen molar-refractivity contribution in [1.29, 1.82) is 0 Å². The Bertz CT molecular complexity index is 1100. The quantitative estimate of drug-likeness (QED) is 0.445. The van der Waals surface area contributed by atoms with Crippen molar-refractivity contribution in [2.45, 2.75) is 6.10 Å². The summed E-state index contributed by atoms with van der Waals surface area (Å²) < 4.78 is 25.3. The van der Waals surface area contributed by atoms with Gasteiger partial charge in [-0.05, 0) is 47.9 Å². The summed E-state index contributed by atoms with van der Waals surface area (Å²) in [6.45, 7) is 2.42. The van der Waals surface area contributed by atoms with Crippen LogP contribution in [-0.4, -0.2) is 74.7 Å². The number of carbonyl (C=O) groups is 2. The van der Waals surface area contributed by atoms with E-state index in [1.807, 2.05) is 22.4 Å². The van der Waals surface area contributed by atoms with E-state index in [1.54, 1.807) is 34.6 Å². The van der Waals surface area contributed by atoms with Crippen LogP contribution in [-0.2, 0) is 14.3 Å². The van der Waals surface area contributed by atoms with Gasteiger partial charge in [0, 0.05) is 30.6 Å². The number of thiocarbonyl (C=S) groups is 1. The van der Waals surface area contributed by atoms with Crippen LogP contribution in [0, 0.1) is 5.82 Å².